The van der Waals surface area contributed by atoms with Gasteiger partial charge in [-0.15, -0.1) is 0 Å². The van der Waals surface area contributed by atoms with Crippen molar-refractivity contribution in [3.63, 3.8) is 0 Å². The molecular weight excluding hydrogens is 254 g/mol. The summed E-state index contributed by atoms with van der Waals surface area (Å²) in [5, 5.41) is 3.38. The van der Waals surface area contributed by atoms with Gasteiger partial charge >= 0.3 is 0 Å². The van der Waals surface area contributed by atoms with E-state index in [2.05, 4.69) is 24.4 Å². The van der Waals surface area contributed by atoms with Crippen LogP contribution in [-0.4, -0.2) is 39.6 Å². The van der Waals surface area contributed by atoms with Crippen LogP contribution >= 0.6 is 0 Å². The molecule has 0 atom stereocenters. The second-order valence-corrected chi connectivity index (χ2v) is 4.48. The van der Waals surface area contributed by atoms with E-state index in [9.17, 15) is 0 Å². The molecule has 0 fully saturated rings. The quantitative estimate of drug-likeness (QED) is 0.598. The summed E-state index contributed by atoms with van der Waals surface area (Å²) in [6, 6.07) is 8.18. The molecule has 4 nitrogen and oxygen atoms in total. The molecule has 1 rings (SSSR count). The van der Waals surface area contributed by atoms with Gasteiger partial charge in [0.05, 0.1) is 19.8 Å². The number of hydrogen-bond acceptors (Lipinski definition) is 4. The fourth-order valence-electron chi connectivity index (χ4n) is 1.74. The Hall–Kier alpha value is -1.10. The van der Waals surface area contributed by atoms with Crippen LogP contribution in [-0.2, 0) is 16.0 Å². The molecule has 4 heteroatoms. The van der Waals surface area contributed by atoms with Crippen molar-refractivity contribution >= 4 is 0 Å². The summed E-state index contributed by atoms with van der Waals surface area (Å²) in [5.41, 5.74) is 1.24. The van der Waals surface area contributed by atoms with Gasteiger partial charge < -0.3 is 19.5 Å². The van der Waals surface area contributed by atoms with Crippen molar-refractivity contribution in [1.29, 1.82) is 0 Å². The average molecular weight is 281 g/mol. The first-order valence-corrected chi connectivity index (χ1v) is 7.44. The number of nitrogens with one attached hydrogen (secondary N) is 1. The van der Waals surface area contributed by atoms with Crippen molar-refractivity contribution < 1.29 is 14.2 Å². The predicted molar refractivity (Wildman–Crippen MR) is 81.2 cm³/mol. The smallest absolute Gasteiger partial charge is 0.119 e. The van der Waals surface area contributed by atoms with E-state index in [-0.39, 0.29) is 0 Å². The van der Waals surface area contributed by atoms with Crippen LogP contribution < -0.4 is 10.1 Å². The monoisotopic (exact) mass is 281 g/mol. The molecule has 20 heavy (non-hydrogen) atoms. The lowest BCUT2D eigenvalue weighted by molar-refractivity contribution is 0.0405. The van der Waals surface area contributed by atoms with E-state index in [1.807, 2.05) is 19.1 Å². The van der Waals surface area contributed by atoms with E-state index in [4.69, 9.17) is 14.2 Å². The SMILES string of the molecule is CCCNCc1cccc(OCCOCCOCC)c1. The van der Waals surface area contributed by atoms with Crippen LogP contribution in [0, 0.1) is 0 Å². The van der Waals surface area contributed by atoms with Crippen molar-refractivity contribution in [2.24, 2.45) is 0 Å². The molecule has 0 aliphatic heterocycles. The minimum absolute atomic E-state index is 0.567. The third-order valence-electron chi connectivity index (χ3n) is 2.73. The number of benzene rings is 1. The Labute approximate surface area is 122 Å². The zero-order valence-electron chi connectivity index (χ0n) is 12.7. The molecule has 0 radical (unpaired) electrons. The minimum atomic E-state index is 0.567. The van der Waals surface area contributed by atoms with Crippen LogP contribution in [0.2, 0.25) is 0 Å². The molecule has 0 heterocycles. The van der Waals surface area contributed by atoms with E-state index in [1.54, 1.807) is 0 Å². The molecule has 1 N–H and O–H groups in total. The molecule has 0 unspecified atom stereocenters. The molecule has 0 saturated heterocycles. The summed E-state index contributed by atoms with van der Waals surface area (Å²) >= 11 is 0. The molecule has 1 aromatic rings. The third-order valence-corrected chi connectivity index (χ3v) is 2.73. The Morgan fingerprint density at radius 1 is 1.00 bits per heavy atom. The number of rotatable bonds is 12. The highest BCUT2D eigenvalue weighted by molar-refractivity contribution is 5.28. The lowest BCUT2D eigenvalue weighted by atomic mass is 10.2. The normalized spacial score (nSPS) is 10.7. The van der Waals surface area contributed by atoms with Crippen LogP contribution in [0.25, 0.3) is 0 Å². The van der Waals surface area contributed by atoms with Gasteiger partial charge in [-0.1, -0.05) is 19.1 Å². The molecule has 0 spiro atoms. The molecule has 114 valence electrons. The second-order valence-electron chi connectivity index (χ2n) is 4.48. The summed E-state index contributed by atoms with van der Waals surface area (Å²) in [7, 11) is 0. The lowest BCUT2D eigenvalue weighted by Crippen LogP contribution is -2.14. The molecule has 0 saturated carbocycles. The van der Waals surface area contributed by atoms with Crippen LogP contribution in [0.3, 0.4) is 0 Å². The maximum Gasteiger partial charge on any atom is 0.119 e. The van der Waals surface area contributed by atoms with Crippen molar-refractivity contribution in [2.45, 2.75) is 26.8 Å². The first-order chi connectivity index (χ1) is 9.86. The fraction of sp³-hybridized carbons (Fsp3) is 0.625. The molecular formula is C16H27NO3. The van der Waals surface area contributed by atoms with Crippen LogP contribution in [0.1, 0.15) is 25.8 Å². The highest BCUT2D eigenvalue weighted by atomic mass is 16.5. The maximum absolute atomic E-state index is 5.67. The third kappa shape index (κ3) is 8.15. The highest BCUT2D eigenvalue weighted by Gasteiger charge is 1.97. The van der Waals surface area contributed by atoms with Crippen molar-refractivity contribution in [1.82, 2.24) is 5.32 Å². The Morgan fingerprint density at radius 3 is 2.60 bits per heavy atom. The zero-order chi connectivity index (χ0) is 14.5. The Balaban J connectivity index is 2.14. The van der Waals surface area contributed by atoms with Gasteiger partial charge in [0.15, 0.2) is 0 Å². The second kappa shape index (κ2) is 11.7. The van der Waals surface area contributed by atoms with Gasteiger partial charge in [0.2, 0.25) is 0 Å². The van der Waals surface area contributed by atoms with E-state index < -0.39 is 0 Å². The summed E-state index contributed by atoms with van der Waals surface area (Å²) in [5.74, 6) is 0.897. The van der Waals surface area contributed by atoms with Crippen molar-refractivity contribution in [2.75, 3.05) is 39.6 Å². The summed E-state index contributed by atoms with van der Waals surface area (Å²) in [6.07, 6.45) is 1.15. The fourth-order valence-corrected chi connectivity index (χ4v) is 1.74. The highest BCUT2D eigenvalue weighted by Crippen LogP contribution is 2.13. The first-order valence-electron chi connectivity index (χ1n) is 7.44. The molecule has 1 aromatic carbocycles. The van der Waals surface area contributed by atoms with Gasteiger partial charge in [-0.2, -0.15) is 0 Å². The van der Waals surface area contributed by atoms with E-state index in [0.29, 0.717) is 26.4 Å². The molecule has 0 aliphatic carbocycles. The van der Waals surface area contributed by atoms with E-state index in [0.717, 1.165) is 31.9 Å². The largest absolute Gasteiger partial charge is 0.491 e. The standard InChI is InChI=1S/C16H27NO3/c1-3-8-17-14-15-6-5-7-16(13-15)20-12-11-19-10-9-18-4-2/h5-7,13,17H,3-4,8-12,14H2,1-2H3. The van der Waals surface area contributed by atoms with E-state index >= 15 is 0 Å². The Bertz CT molecular complexity index is 344. The Morgan fingerprint density at radius 2 is 1.80 bits per heavy atom. The van der Waals surface area contributed by atoms with Gasteiger partial charge in [-0.05, 0) is 37.6 Å². The lowest BCUT2D eigenvalue weighted by Gasteiger charge is -2.09. The van der Waals surface area contributed by atoms with Crippen LogP contribution in [0.4, 0.5) is 0 Å². The molecule has 0 aliphatic rings. The molecule has 0 amide bonds. The average Bonchev–Trinajstić information content (AvgIpc) is 2.47. The van der Waals surface area contributed by atoms with Crippen molar-refractivity contribution in [3.8, 4) is 5.75 Å². The van der Waals surface area contributed by atoms with Gasteiger partial charge in [-0.25, -0.2) is 0 Å². The van der Waals surface area contributed by atoms with Gasteiger partial charge in [0.1, 0.15) is 12.4 Å². The van der Waals surface area contributed by atoms with Gasteiger partial charge in [0, 0.05) is 13.2 Å². The van der Waals surface area contributed by atoms with Crippen molar-refractivity contribution in [3.05, 3.63) is 29.8 Å². The summed E-state index contributed by atoms with van der Waals surface area (Å²) in [4.78, 5) is 0. The summed E-state index contributed by atoms with van der Waals surface area (Å²) < 4.78 is 16.3. The van der Waals surface area contributed by atoms with Gasteiger partial charge in [-0.3, -0.25) is 0 Å². The van der Waals surface area contributed by atoms with Crippen LogP contribution in [0.15, 0.2) is 24.3 Å². The number of hydrogen-bond donors (Lipinski definition) is 1. The first kappa shape index (κ1) is 17.0. The van der Waals surface area contributed by atoms with E-state index in [1.165, 1.54) is 5.56 Å². The molecule has 0 bridgehead atoms. The van der Waals surface area contributed by atoms with Crippen LogP contribution in [0.5, 0.6) is 5.75 Å². The topological polar surface area (TPSA) is 39.7 Å². The zero-order valence-corrected chi connectivity index (χ0v) is 12.7. The maximum atomic E-state index is 5.67. The minimum Gasteiger partial charge on any atom is -0.491 e. The number of ether oxygens (including phenoxy) is 3. The Kier molecular flexibility index (Phi) is 9.92. The molecule has 0 aromatic heterocycles. The summed E-state index contributed by atoms with van der Waals surface area (Å²) in [6.45, 7) is 9.23. The predicted octanol–water partition coefficient (Wildman–Crippen LogP) is 2.62. The van der Waals surface area contributed by atoms with Gasteiger partial charge in [0.25, 0.3) is 0 Å².